The van der Waals surface area contributed by atoms with Crippen LogP contribution in [0.5, 0.6) is 5.75 Å². The van der Waals surface area contributed by atoms with Crippen LogP contribution in [0.1, 0.15) is 11.1 Å². The number of nitrogens with zero attached hydrogens (tertiary/aromatic N) is 2. The molecule has 0 atom stereocenters. The third-order valence-electron chi connectivity index (χ3n) is 2.78. The highest BCUT2D eigenvalue weighted by Gasteiger charge is 2.11. The Hall–Kier alpha value is -2.62. The SMILES string of the molecule is CN=C(/C(=C\N)c1ccncc1)c1ccc(O)cc1. The predicted octanol–water partition coefficient (Wildman–Crippen LogP) is 2.21. The number of hydrogen-bond acceptors (Lipinski definition) is 4. The summed E-state index contributed by atoms with van der Waals surface area (Å²) in [5, 5.41) is 9.34. The molecule has 0 aliphatic rings. The van der Waals surface area contributed by atoms with Crippen LogP contribution in [-0.2, 0) is 0 Å². The van der Waals surface area contributed by atoms with E-state index >= 15 is 0 Å². The van der Waals surface area contributed by atoms with Crippen LogP contribution in [0.25, 0.3) is 5.57 Å². The first-order valence-electron chi connectivity index (χ1n) is 5.85. The molecular weight excluding hydrogens is 238 g/mol. The van der Waals surface area contributed by atoms with Gasteiger partial charge in [-0.25, -0.2) is 0 Å². The number of nitrogens with two attached hydrogens (primary N) is 1. The molecule has 0 fully saturated rings. The number of phenols is 1. The molecule has 4 heteroatoms. The Kier molecular flexibility index (Phi) is 3.93. The lowest BCUT2D eigenvalue weighted by atomic mass is 9.97. The van der Waals surface area contributed by atoms with Crippen LogP contribution in [0.3, 0.4) is 0 Å². The first-order valence-corrected chi connectivity index (χ1v) is 5.85. The second-order valence-corrected chi connectivity index (χ2v) is 3.94. The lowest BCUT2D eigenvalue weighted by Gasteiger charge is -2.10. The number of aromatic nitrogens is 1. The van der Waals surface area contributed by atoms with Gasteiger partial charge in [-0.3, -0.25) is 9.98 Å². The number of rotatable bonds is 3. The summed E-state index contributed by atoms with van der Waals surface area (Å²) in [4.78, 5) is 8.29. The second kappa shape index (κ2) is 5.82. The Morgan fingerprint density at radius 3 is 2.26 bits per heavy atom. The molecule has 0 unspecified atom stereocenters. The molecule has 1 aromatic carbocycles. The first kappa shape index (κ1) is 12.8. The summed E-state index contributed by atoms with van der Waals surface area (Å²) < 4.78 is 0. The molecule has 3 N–H and O–H groups in total. The van der Waals surface area contributed by atoms with Crippen molar-refractivity contribution in [3.05, 3.63) is 66.1 Å². The summed E-state index contributed by atoms with van der Waals surface area (Å²) in [6, 6.07) is 10.6. The number of aromatic hydroxyl groups is 1. The maximum Gasteiger partial charge on any atom is 0.115 e. The molecule has 1 aromatic heterocycles. The van der Waals surface area contributed by atoms with Crippen molar-refractivity contribution in [2.24, 2.45) is 10.7 Å². The topological polar surface area (TPSA) is 71.5 Å². The van der Waals surface area contributed by atoms with Crippen molar-refractivity contribution in [1.82, 2.24) is 4.98 Å². The van der Waals surface area contributed by atoms with Gasteiger partial charge in [-0.1, -0.05) is 0 Å². The monoisotopic (exact) mass is 253 g/mol. The molecule has 96 valence electrons. The Balaban J connectivity index is 2.45. The zero-order valence-electron chi connectivity index (χ0n) is 10.6. The van der Waals surface area contributed by atoms with Gasteiger partial charge in [-0.15, -0.1) is 0 Å². The second-order valence-electron chi connectivity index (χ2n) is 3.94. The third-order valence-corrected chi connectivity index (χ3v) is 2.78. The van der Waals surface area contributed by atoms with E-state index in [0.29, 0.717) is 0 Å². The van der Waals surface area contributed by atoms with E-state index in [1.165, 1.54) is 6.20 Å². The molecule has 0 bridgehead atoms. The molecule has 0 spiro atoms. The van der Waals surface area contributed by atoms with Crippen molar-refractivity contribution in [3.63, 3.8) is 0 Å². The molecule has 0 radical (unpaired) electrons. The van der Waals surface area contributed by atoms with E-state index in [-0.39, 0.29) is 5.75 Å². The standard InChI is InChI=1S/C15H15N3O/c1-17-15(12-2-4-13(19)5-3-12)14(10-16)11-6-8-18-9-7-11/h2-10,19H,16H2,1H3/b14-10-,17-15?. The summed E-state index contributed by atoms with van der Waals surface area (Å²) in [5.41, 5.74) is 9.18. The van der Waals surface area contributed by atoms with Crippen LogP contribution in [0.4, 0.5) is 0 Å². The quantitative estimate of drug-likeness (QED) is 0.824. The highest BCUT2D eigenvalue weighted by atomic mass is 16.3. The van der Waals surface area contributed by atoms with Gasteiger partial charge in [0.25, 0.3) is 0 Å². The fraction of sp³-hybridized carbons (Fsp3) is 0.0667. The molecule has 19 heavy (non-hydrogen) atoms. The lowest BCUT2D eigenvalue weighted by Crippen LogP contribution is -2.06. The van der Waals surface area contributed by atoms with Gasteiger partial charge in [0.15, 0.2) is 0 Å². The van der Waals surface area contributed by atoms with Crippen molar-refractivity contribution in [1.29, 1.82) is 0 Å². The summed E-state index contributed by atoms with van der Waals surface area (Å²) in [6.07, 6.45) is 4.95. The molecule has 0 amide bonds. The van der Waals surface area contributed by atoms with E-state index in [0.717, 1.165) is 22.4 Å². The van der Waals surface area contributed by atoms with E-state index < -0.39 is 0 Å². The van der Waals surface area contributed by atoms with E-state index in [1.807, 2.05) is 24.3 Å². The van der Waals surface area contributed by atoms with Crippen molar-refractivity contribution in [2.75, 3.05) is 7.05 Å². The van der Waals surface area contributed by atoms with Crippen LogP contribution >= 0.6 is 0 Å². The van der Waals surface area contributed by atoms with Gasteiger partial charge < -0.3 is 10.8 Å². The molecule has 0 aliphatic carbocycles. The van der Waals surface area contributed by atoms with Crippen LogP contribution in [0, 0.1) is 0 Å². The van der Waals surface area contributed by atoms with Gasteiger partial charge in [0, 0.05) is 36.8 Å². The average molecular weight is 253 g/mol. The molecule has 0 saturated carbocycles. The third kappa shape index (κ3) is 2.80. The van der Waals surface area contributed by atoms with E-state index in [4.69, 9.17) is 5.73 Å². The lowest BCUT2D eigenvalue weighted by molar-refractivity contribution is 0.475. The molecule has 1 heterocycles. The van der Waals surface area contributed by atoms with Crippen molar-refractivity contribution in [3.8, 4) is 5.75 Å². The number of benzene rings is 1. The summed E-state index contributed by atoms with van der Waals surface area (Å²) in [5.74, 6) is 0.224. The smallest absolute Gasteiger partial charge is 0.115 e. The van der Waals surface area contributed by atoms with Crippen LogP contribution in [-0.4, -0.2) is 22.8 Å². The molecular formula is C15H15N3O. The van der Waals surface area contributed by atoms with Crippen LogP contribution in [0.15, 0.2) is 60.0 Å². The number of aliphatic imine (C=N–C) groups is 1. The fourth-order valence-electron chi connectivity index (χ4n) is 1.87. The minimum absolute atomic E-state index is 0.224. The highest BCUT2D eigenvalue weighted by Crippen LogP contribution is 2.20. The summed E-state index contributed by atoms with van der Waals surface area (Å²) in [6.45, 7) is 0. The Morgan fingerprint density at radius 1 is 1.11 bits per heavy atom. The Labute approximate surface area is 112 Å². The van der Waals surface area contributed by atoms with E-state index in [1.54, 1.807) is 31.6 Å². The van der Waals surface area contributed by atoms with Gasteiger partial charge in [0.05, 0.1) is 5.71 Å². The minimum Gasteiger partial charge on any atom is -0.508 e. The predicted molar refractivity (Wildman–Crippen MR) is 77.0 cm³/mol. The normalized spacial score (nSPS) is 12.5. The maximum atomic E-state index is 9.34. The highest BCUT2D eigenvalue weighted by molar-refractivity contribution is 6.31. The molecule has 4 nitrogen and oxygen atoms in total. The summed E-state index contributed by atoms with van der Waals surface area (Å²) in [7, 11) is 1.72. The van der Waals surface area contributed by atoms with Crippen molar-refractivity contribution < 1.29 is 5.11 Å². The average Bonchev–Trinajstić information content (AvgIpc) is 2.47. The van der Waals surface area contributed by atoms with Gasteiger partial charge in [0.1, 0.15) is 5.75 Å². The van der Waals surface area contributed by atoms with Gasteiger partial charge in [-0.05, 0) is 42.0 Å². The largest absolute Gasteiger partial charge is 0.508 e. The molecule has 0 aliphatic heterocycles. The number of allylic oxidation sites excluding steroid dienone is 1. The Morgan fingerprint density at radius 2 is 1.74 bits per heavy atom. The van der Waals surface area contributed by atoms with Crippen LogP contribution in [0.2, 0.25) is 0 Å². The maximum absolute atomic E-state index is 9.34. The zero-order valence-corrected chi connectivity index (χ0v) is 10.6. The number of pyridine rings is 1. The molecule has 2 rings (SSSR count). The number of hydrogen-bond donors (Lipinski definition) is 2. The molecule has 2 aromatic rings. The van der Waals surface area contributed by atoms with E-state index in [2.05, 4.69) is 9.98 Å². The summed E-state index contributed by atoms with van der Waals surface area (Å²) >= 11 is 0. The minimum atomic E-state index is 0.224. The molecule has 0 saturated heterocycles. The van der Waals surface area contributed by atoms with Gasteiger partial charge in [0.2, 0.25) is 0 Å². The van der Waals surface area contributed by atoms with Gasteiger partial charge in [-0.2, -0.15) is 0 Å². The van der Waals surface area contributed by atoms with Crippen LogP contribution < -0.4 is 5.73 Å². The zero-order chi connectivity index (χ0) is 13.7. The van der Waals surface area contributed by atoms with Crippen molar-refractivity contribution >= 4 is 11.3 Å². The fourth-order valence-corrected chi connectivity index (χ4v) is 1.87. The van der Waals surface area contributed by atoms with E-state index in [9.17, 15) is 5.11 Å². The Bertz CT molecular complexity index is 601. The van der Waals surface area contributed by atoms with Gasteiger partial charge >= 0.3 is 0 Å². The first-order chi connectivity index (χ1) is 9.26. The van der Waals surface area contributed by atoms with Crippen molar-refractivity contribution in [2.45, 2.75) is 0 Å². The number of phenolic OH excluding ortho intramolecular Hbond substituents is 1.